The highest BCUT2D eigenvalue weighted by molar-refractivity contribution is 5.92. The van der Waals surface area contributed by atoms with Gasteiger partial charge in [0.05, 0.1) is 0 Å². The highest BCUT2D eigenvalue weighted by atomic mass is 14.8. The molecule has 0 bridgehead atoms. The summed E-state index contributed by atoms with van der Waals surface area (Å²) in [5.41, 5.74) is 15.9. The van der Waals surface area contributed by atoms with E-state index in [1.807, 2.05) is 20.9 Å². The summed E-state index contributed by atoms with van der Waals surface area (Å²) in [7, 11) is 2.04. The molecule has 1 nitrogen and oxygen atoms in total. The van der Waals surface area contributed by atoms with Gasteiger partial charge in [-0.15, -0.1) is 0 Å². The molecule has 0 spiro atoms. The Morgan fingerprint density at radius 3 is 2.16 bits per heavy atom. The van der Waals surface area contributed by atoms with E-state index in [0.29, 0.717) is 0 Å². The average molecular weight is 488 g/mol. The minimum absolute atomic E-state index is 0.0110. The number of allylic oxidation sites excluding steroid dienone is 1. The second-order valence-electron chi connectivity index (χ2n) is 10.4. The molecule has 0 unspecified atom stereocenters. The van der Waals surface area contributed by atoms with E-state index < -0.39 is 0 Å². The Morgan fingerprint density at radius 2 is 1.46 bits per heavy atom. The molecule has 0 aromatic heterocycles. The van der Waals surface area contributed by atoms with Crippen LogP contribution in [0.5, 0.6) is 0 Å². The van der Waals surface area contributed by atoms with Crippen LogP contribution in [0.4, 0.5) is 5.69 Å². The van der Waals surface area contributed by atoms with E-state index in [2.05, 4.69) is 125 Å². The first-order valence-electron chi connectivity index (χ1n) is 13.6. The van der Waals surface area contributed by atoms with Gasteiger partial charge in [0.15, 0.2) is 0 Å². The maximum Gasteiger partial charge on any atom is 0.0420 e. The van der Waals surface area contributed by atoms with Gasteiger partial charge in [-0.25, -0.2) is 0 Å². The lowest BCUT2D eigenvalue weighted by molar-refractivity contribution is 0.660. The van der Waals surface area contributed by atoms with E-state index in [0.717, 1.165) is 6.42 Å². The van der Waals surface area contributed by atoms with Crippen LogP contribution in [-0.4, -0.2) is 7.05 Å². The van der Waals surface area contributed by atoms with Gasteiger partial charge in [0.2, 0.25) is 0 Å². The predicted molar refractivity (Wildman–Crippen MR) is 163 cm³/mol. The predicted octanol–water partition coefficient (Wildman–Crippen LogP) is 9.66. The van der Waals surface area contributed by atoms with Crippen molar-refractivity contribution in [1.29, 1.82) is 0 Å². The van der Waals surface area contributed by atoms with Gasteiger partial charge in [0.1, 0.15) is 0 Å². The zero-order valence-corrected chi connectivity index (χ0v) is 23.8. The van der Waals surface area contributed by atoms with Crippen molar-refractivity contribution in [2.75, 3.05) is 12.4 Å². The largest absolute Gasteiger partial charge is 0.388 e. The molecule has 0 amide bonds. The summed E-state index contributed by atoms with van der Waals surface area (Å²) in [6.45, 7) is 15.3. The van der Waals surface area contributed by atoms with Crippen LogP contribution < -0.4 is 5.32 Å². The number of benzene rings is 4. The maximum atomic E-state index is 3.53. The second-order valence-corrected chi connectivity index (χ2v) is 10.4. The maximum absolute atomic E-state index is 3.53. The number of anilines is 1. The van der Waals surface area contributed by atoms with Crippen LogP contribution in [0.1, 0.15) is 72.2 Å². The van der Waals surface area contributed by atoms with Crippen LogP contribution >= 0.6 is 0 Å². The zero-order chi connectivity index (χ0) is 26.7. The van der Waals surface area contributed by atoms with Crippen molar-refractivity contribution >= 4 is 11.3 Å². The average Bonchev–Trinajstić information content (AvgIpc) is 3.14. The molecule has 4 aromatic rings. The molecule has 0 heterocycles. The number of hydrogen-bond acceptors (Lipinski definition) is 1. The Hall–Kier alpha value is -3.58. The minimum atomic E-state index is -0.0110. The number of aryl methyl sites for hydroxylation is 2. The van der Waals surface area contributed by atoms with Crippen molar-refractivity contribution in [3.63, 3.8) is 0 Å². The molecule has 0 saturated heterocycles. The molecule has 1 heteroatoms. The Balaban J connectivity index is 0.00000156. The lowest BCUT2D eigenvalue weighted by Crippen LogP contribution is -2.15. The third kappa shape index (κ3) is 4.88. The van der Waals surface area contributed by atoms with Gasteiger partial charge in [-0.2, -0.15) is 0 Å². The second kappa shape index (κ2) is 10.8. The van der Waals surface area contributed by atoms with Gasteiger partial charge in [-0.05, 0) is 89.4 Å². The van der Waals surface area contributed by atoms with E-state index in [1.54, 1.807) is 0 Å². The topological polar surface area (TPSA) is 12.0 Å². The van der Waals surface area contributed by atoms with Crippen molar-refractivity contribution in [3.05, 3.63) is 129 Å². The smallest absolute Gasteiger partial charge is 0.0420 e. The molecule has 1 N–H and O–H groups in total. The third-order valence-electron chi connectivity index (χ3n) is 7.81. The molecular weight excluding hydrogens is 446 g/mol. The zero-order valence-electron chi connectivity index (χ0n) is 23.8. The third-order valence-corrected chi connectivity index (χ3v) is 7.81. The van der Waals surface area contributed by atoms with Crippen molar-refractivity contribution in [1.82, 2.24) is 0 Å². The molecule has 4 aromatic carbocycles. The fraction of sp³-hybridized carbons (Fsp3) is 0.278. The van der Waals surface area contributed by atoms with Gasteiger partial charge in [0.25, 0.3) is 0 Å². The van der Waals surface area contributed by atoms with E-state index in [1.165, 1.54) is 66.9 Å². The summed E-state index contributed by atoms with van der Waals surface area (Å²) >= 11 is 0. The highest BCUT2D eigenvalue weighted by Crippen LogP contribution is 2.51. The number of nitrogens with one attached hydrogen (secondary N) is 1. The molecule has 1 aliphatic carbocycles. The van der Waals surface area contributed by atoms with Crippen LogP contribution in [-0.2, 0) is 11.8 Å². The molecule has 190 valence electrons. The normalized spacial score (nSPS) is 13.4. The summed E-state index contributed by atoms with van der Waals surface area (Å²) in [5, 5.41) is 3.53. The van der Waals surface area contributed by atoms with Crippen molar-refractivity contribution in [2.45, 2.75) is 60.3 Å². The molecule has 0 fully saturated rings. The Morgan fingerprint density at radius 1 is 0.784 bits per heavy atom. The van der Waals surface area contributed by atoms with Gasteiger partial charge in [-0.1, -0.05) is 106 Å². The quantitative estimate of drug-likeness (QED) is 0.295. The van der Waals surface area contributed by atoms with Gasteiger partial charge in [-0.3, -0.25) is 0 Å². The molecule has 1 aliphatic rings. The van der Waals surface area contributed by atoms with Gasteiger partial charge >= 0.3 is 0 Å². The minimum Gasteiger partial charge on any atom is -0.388 e. The monoisotopic (exact) mass is 487 g/mol. The van der Waals surface area contributed by atoms with Crippen molar-refractivity contribution in [3.8, 4) is 11.1 Å². The van der Waals surface area contributed by atoms with E-state index in [4.69, 9.17) is 0 Å². The number of rotatable bonds is 5. The van der Waals surface area contributed by atoms with Crippen LogP contribution in [0.25, 0.3) is 16.7 Å². The van der Waals surface area contributed by atoms with E-state index >= 15 is 0 Å². The molecule has 0 atom stereocenters. The molecule has 5 rings (SSSR count). The standard InChI is InChI=1S/C34H35N.C2H6/c1-22-18-23(2)24(3)26(19-22)16-17-27(25-12-8-7-9-13-25)30-20-29-28-14-10-11-15-31(28)34(4,5)32(29)21-33(30)35-6;1-2/h7-15,17-21,35H,16H2,1-6H3;1-2H3/b27-17-;. The van der Waals surface area contributed by atoms with Crippen LogP contribution in [0.15, 0.2) is 84.9 Å². The highest BCUT2D eigenvalue weighted by Gasteiger charge is 2.36. The molecule has 37 heavy (non-hydrogen) atoms. The Bertz CT molecular complexity index is 1440. The summed E-state index contributed by atoms with van der Waals surface area (Å²) in [5.74, 6) is 0. The SMILES string of the molecule is CC.CNc1cc2c(cc1/C(=C\Cc1cc(C)cc(C)c1C)c1ccccc1)-c1ccccc1C2(C)C. The van der Waals surface area contributed by atoms with Crippen molar-refractivity contribution < 1.29 is 0 Å². The summed E-state index contributed by atoms with van der Waals surface area (Å²) in [4.78, 5) is 0. The number of hydrogen-bond donors (Lipinski definition) is 1. The summed E-state index contributed by atoms with van der Waals surface area (Å²) < 4.78 is 0. The first kappa shape index (κ1) is 26.5. The van der Waals surface area contributed by atoms with Gasteiger partial charge < -0.3 is 5.32 Å². The van der Waals surface area contributed by atoms with Gasteiger partial charge in [0, 0.05) is 23.7 Å². The Kier molecular flexibility index (Phi) is 7.73. The lowest BCUT2D eigenvalue weighted by atomic mass is 9.81. The summed E-state index contributed by atoms with van der Waals surface area (Å²) in [6, 6.07) is 29.1. The fourth-order valence-corrected chi connectivity index (χ4v) is 5.73. The fourth-order valence-electron chi connectivity index (χ4n) is 5.73. The first-order chi connectivity index (χ1) is 17.8. The van der Waals surface area contributed by atoms with E-state index in [9.17, 15) is 0 Å². The van der Waals surface area contributed by atoms with E-state index in [-0.39, 0.29) is 5.41 Å². The summed E-state index contributed by atoms with van der Waals surface area (Å²) in [6.07, 6.45) is 3.33. The van der Waals surface area contributed by atoms with Crippen molar-refractivity contribution in [2.24, 2.45) is 0 Å². The molecular formula is C36H41N. The van der Waals surface area contributed by atoms with Crippen LogP contribution in [0.2, 0.25) is 0 Å². The first-order valence-corrected chi connectivity index (χ1v) is 13.6. The molecule has 0 saturated carbocycles. The molecule has 0 radical (unpaired) electrons. The number of fused-ring (bicyclic) bond motifs is 3. The van der Waals surface area contributed by atoms with Crippen LogP contribution in [0, 0.1) is 20.8 Å². The van der Waals surface area contributed by atoms with Crippen LogP contribution in [0.3, 0.4) is 0 Å². The molecule has 0 aliphatic heterocycles. The Labute approximate surface area is 224 Å². The lowest BCUT2D eigenvalue weighted by Gasteiger charge is -2.23.